The molecule has 5 nitrogen and oxygen atoms in total. The fourth-order valence-electron chi connectivity index (χ4n) is 1.41. The Kier molecular flexibility index (Phi) is 3.39. The second-order valence-electron chi connectivity index (χ2n) is 3.66. The first-order valence-corrected chi connectivity index (χ1v) is 5.26. The van der Waals surface area contributed by atoms with E-state index in [1.165, 1.54) is 18.3 Å². The molecule has 0 atom stereocenters. The Balaban J connectivity index is 2.21. The maximum absolute atomic E-state index is 13.0. The van der Waals surface area contributed by atoms with Gasteiger partial charge in [-0.1, -0.05) is 0 Å². The van der Waals surface area contributed by atoms with E-state index >= 15 is 0 Å². The zero-order chi connectivity index (χ0) is 13.8. The van der Waals surface area contributed by atoms with Gasteiger partial charge in [-0.3, -0.25) is 4.79 Å². The summed E-state index contributed by atoms with van der Waals surface area (Å²) in [7, 11) is 0. The van der Waals surface area contributed by atoms with Gasteiger partial charge in [-0.25, -0.2) is 9.37 Å². The summed E-state index contributed by atoms with van der Waals surface area (Å²) in [5, 5.41) is 20.5. The van der Waals surface area contributed by atoms with E-state index in [-0.39, 0.29) is 17.1 Å². The number of nitrogens with one attached hydrogen (secondary N) is 1. The number of aromatic nitrogens is 1. The number of halogens is 1. The lowest BCUT2D eigenvalue weighted by molar-refractivity contribution is 0.102. The molecule has 0 unspecified atom stereocenters. The average molecular weight is 257 g/mol. The summed E-state index contributed by atoms with van der Waals surface area (Å²) in [5.41, 5.74) is 0.165. The highest BCUT2D eigenvalue weighted by molar-refractivity contribution is 6.05. The number of nitriles is 1. The number of hydrogen-bond acceptors (Lipinski definition) is 4. The molecule has 0 aliphatic carbocycles. The van der Waals surface area contributed by atoms with E-state index in [9.17, 15) is 14.3 Å². The smallest absolute Gasteiger partial charge is 0.260 e. The van der Waals surface area contributed by atoms with Gasteiger partial charge < -0.3 is 10.4 Å². The molecule has 19 heavy (non-hydrogen) atoms. The number of amides is 1. The van der Waals surface area contributed by atoms with Crippen molar-refractivity contribution in [1.82, 2.24) is 4.98 Å². The topological polar surface area (TPSA) is 86.0 Å². The summed E-state index contributed by atoms with van der Waals surface area (Å²) in [5.74, 6) is -1.44. The lowest BCUT2D eigenvalue weighted by Crippen LogP contribution is -2.13. The van der Waals surface area contributed by atoms with Crippen LogP contribution in [0.1, 0.15) is 15.9 Å². The van der Waals surface area contributed by atoms with Crippen LogP contribution in [0.5, 0.6) is 5.75 Å². The predicted octanol–water partition coefficient (Wildman–Crippen LogP) is 2.05. The van der Waals surface area contributed by atoms with Gasteiger partial charge >= 0.3 is 0 Å². The van der Waals surface area contributed by atoms with Gasteiger partial charge in [0, 0.05) is 6.20 Å². The highest BCUT2D eigenvalue weighted by atomic mass is 19.1. The third-order valence-corrected chi connectivity index (χ3v) is 2.34. The van der Waals surface area contributed by atoms with Crippen LogP contribution in [0.3, 0.4) is 0 Å². The Labute approximate surface area is 108 Å². The molecular weight excluding hydrogens is 249 g/mol. The molecule has 1 aromatic heterocycles. The molecule has 0 aliphatic rings. The summed E-state index contributed by atoms with van der Waals surface area (Å²) < 4.78 is 13.0. The second-order valence-corrected chi connectivity index (χ2v) is 3.66. The van der Waals surface area contributed by atoms with Gasteiger partial charge in [-0.2, -0.15) is 5.26 Å². The number of phenols is 1. The van der Waals surface area contributed by atoms with Crippen molar-refractivity contribution in [3.8, 4) is 11.8 Å². The van der Waals surface area contributed by atoms with E-state index in [1.54, 1.807) is 0 Å². The highest BCUT2D eigenvalue weighted by Crippen LogP contribution is 2.19. The first kappa shape index (κ1) is 12.5. The monoisotopic (exact) mass is 257 g/mol. The van der Waals surface area contributed by atoms with Crippen molar-refractivity contribution >= 4 is 11.7 Å². The molecule has 2 aromatic rings. The molecule has 6 heteroatoms. The van der Waals surface area contributed by atoms with Crippen LogP contribution in [0.2, 0.25) is 0 Å². The lowest BCUT2D eigenvalue weighted by atomic mass is 10.2. The van der Waals surface area contributed by atoms with E-state index in [2.05, 4.69) is 10.3 Å². The Morgan fingerprint density at radius 3 is 2.79 bits per heavy atom. The molecule has 0 fully saturated rings. The number of benzene rings is 1. The van der Waals surface area contributed by atoms with E-state index in [4.69, 9.17) is 5.26 Å². The van der Waals surface area contributed by atoms with Crippen molar-refractivity contribution in [2.45, 2.75) is 0 Å². The molecule has 0 aliphatic heterocycles. The molecule has 0 saturated carbocycles. The van der Waals surface area contributed by atoms with Gasteiger partial charge in [0.05, 0.1) is 11.1 Å². The van der Waals surface area contributed by atoms with Gasteiger partial charge in [0.25, 0.3) is 5.91 Å². The Bertz CT molecular complexity index is 663. The van der Waals surface area contributed by atoms with Crippen LogP contribution in [-0.2, 0) is 0 Å². The van der Waals surface area contributed by atoms with Gasteiger partial charge in [-0.05, 0) is 30.3 Å². The van der Waals surface area contributed by atoms with E-state index in [0.717, 1.165) is 18.2 Å². The number of aromatic hydroxyl groups is 1. The minimum absolute atomic E-state index is 0.189. The van der Waals surface area contributed by atoms with E-state index < -0.39 is 11.7 Å². The standard InChI is InChI=1S/C13H8FN3O2/c14-9-2-3-11(18)10(5-9)13(19)17-12-4-1-8(6-15)7-16-12/h1-5,7,18H,(H,16,17,19). The average Bonchev–Trinajstić information content (AvgIpc) is 2.42. The third kappa shape index (κ3) is 2.84. The number of phenolic OH excluding ortho intramolecular Hbond substituents is 1. The van der Waals surface area contributed by atoms with Crippen LogP contribution in [0.15, 0.2) is 36.5 Å². The van der Waals surface area contributed by atoms with Crippen molar-refractivity contribution in [2.24, 2.45) is 0 Å². The van der Waals surface area contributed by atoms with Crippen molar-refractivity contribution in [2.75, 3.05) is 5.32 Å². The SMILES string of the molecule is N#Cc1ccc(NC(=O)c2cc(F)ccc2O)nc1. The number of anilines is 1. The van der Waals surface area contributed by atoms with Crippen molar-refractivity contribution in [1.29, 1.82) is 5.26 Å². The molecule has 2 rings (SSSR count). The molecule has 1 amide bonds. The van der Waals surface area contributed by atoms with Crippen LogP contribution in [-0.4, -0.2) is 16.0 Å². The molecule has 0 radical (unpaired) electrons. The van der Waals surface area contributed by atoms with Crippen LogP contribution in [0.4, 0.5) is 10.2 Å². The van der Waals surface area contributed by atoms with Crippen molar-refractivity contribution in [3.63, 3.8) is 0 Å². The summed E-state index contributed by atoms with van der Waals surface area (Å²) in [4.78, 5) is 15.6. The quantitative estimate of drug-likeness (QED) is 0.862. The van der Waals surface area contributed by atoms with E-state index in [1.807, 2.05) is 6.07 Å². The number of pyridine rings is 1. The second kappa shape index (κ2) is 5.14. The predicted molar refractivity (Wildman–Crippen MR) is 65.0 cm³/mol. The highest BCUT2D eigenvalue weighted by Gasteiger charge is 2.12. The minimum atomic E-state index is -0.686. The minimum Gasteiger partial charge on any atom is -0.507 e. The Morgan fingerprint density at radius 1 is 1.37 bits per heavy atom. The molecule has 1 aromatic carbocycles. The number of nitrogens with zero attached hydrogens (tertiary/aromatic N) is 2. The van der Waals surface area contributed by atoms with Crippen LogP contribution in [0.25, 0.3) is 0 Å². The number of carbonyl (C=O) groups excluding carboxylic acids is 1. The maximum atomic E-state index is 13.0. The Hall–Kier alpha value is -2.94. The zero-order valence-electron chi connectivity index (χ0n) is 9.59. The molecule has 0 spiro atoms. The van der Waals surface area contributed by atoms with E-state index in [0.29, 0.717) is 5.56 Å². The summed E-state index contributed by atoms with van der Waals surface area (Å²) in [6.07, 6.45) is 1.29. The summed E-state index contributed by atoms with van der Waals surface area (Å²) in [6, 6.07) is 7.87. The molecular formula is C13H8FN3O2. The van der Waals surface area contributed by atoms with Gasteiger partial charge in [0.2, 0.25) is 0 Å². The lowest BCUT2D eigenvalue weighted by Gasteiger charge is -2.06. The Morgan fingerprint density at radius 2 is 2.16 bits per heavy atom. The molecule has 94 valence electrons. The van der Waals surface area contributed by atoms with Gasteiger partial charge in [0.15, 0.2) is 0 Å². The molecule has 0 bridgehead atoms. The van der Waals surface area contributed by atoms with Crippen LogP contribution < -0.4 is 5.32 Å². The first-order chi connectivity index (χ1) is 9.10. The van der Waals surface area contributed by atoms with Gasteiger partial charge in [0.1, 0.15) is 23.5 Å². The van der Waals surface area contributed by atoms with Crippen molar-refractivity contribution < 1.29 is 14.3 Å². The molecule has 1 heterocycles. The van der Waals surface area contributed by atoms with Crippen LogP contribution >= 0.6 is 0 Å². The summed E-state index contributed by atoms with van der Waals surface area (Å²) in [6.45, 7) is 0. The first-order valence-electron chi connectivity index (χ1n) is 5.26. The fourth-order valence-corrected chi connectivity index (χ4v) is 1.41. The maximum Gasteiger partial charge on any atom is 0.260 e. The number of carbonyl (C=O) groups is 1. The zero-order valence-corrected chi connectivity index (χ0v) is 9.59. The third-order valence-electron chi connectivity index (χ3n) is 2.34. The summed E-state index contributed by atoms with van der Waals surface area (Å²) >= 11 is 0. The normalized spacial score (nSPS) is 9.68. The number of hydrogen-bond donors (Lipinski definition) is 2. The van der Waals surface area contributed by atoms with Gasteiger partial charge in [-0.15, -0.1) is 0 Å². The fraction of sp³-hybridized carbons (Fsp3) is 0. The number of rotatable bonds is 2. The molecule has 0 saturated heterocycles. The van der Waals surface area contributed by atoms with Crippen molar-refractivity contribution in [3.05, 3.63) is 53.5 Å². The van der Waals surface area contributed by atoms with Crippen LogP contribution in [0, 0.1) is 17.1 Å². The molecule has 2 N–H and O–H groups in total. The largest absolute Gasteiger partial charge is 0.507 e.